The zero-order chi connectivity index (χ0) is 15.1. The van der Waals surface area contributed by atoms with Gasteiger partial charge in [-0.05, 0) is 67.3 Å². The third-order valence-corrected chi connectivity index (χ3v) is 4.59. The Morgan fingerprint density at radius 2 is 1.95 bits per heavy atom. The lowest BCUT2D eigenvalue weighted by molar-refractivity contribution is 0.592. The Bertz CT molecular complexity index is 823. The molecule has 0 aliphatic heterocycles. The molecule has 0 radical (unpaired) electrons. The summed E-state index contributed by atoms with van der Waals surface area (Å²) in [5.41, 5.74) is 4.65. The molecule has 0 saturated carbocycles. The number of fused-ring (bicyclic) bond motifs is 3. The first-order chi connectivity index (χ1) is 10.7. The SMILES string of the molecule is Fc1ccc(N[C@@H]2CCCc3c2[nH]c2ccc(Cl)cc32)cc1. The van der Waals surface area contributed by atoms with Crippen molar-refractivity contribution in [3.8, 4) is 0 Å². The Morgan fingerprint density at radius 1 is 1.14 bits per heavy atom. The van der Waals surface area contributed by atoms with E-state index >= 15 is 0 Å². The second-order valence-corrected chi connectivity index (χ2v) is 6.24. The minimum atomic E-state index is -0.213. The van der Waals surface area contributed by atoms with Gasteiger partial charge in [-0.15, -0.1) is 0 Å². The highest BCUT2D eigenvalue weighted by atomic mass is 35.5. The third-order valence-electron chi connectivity index (χ3n) is 4.35. The van der Waals surface area contributed by atoms with E-state index in [1.54, 1.807) is 12.1 Å². The van der Waals surface area contributed by atoms with Crippen LogP contribution in [0.25, 0.3) is 10.9 Å². The fourth-order valence-corrected chi connectivity index (χ4v) is 3.50. The highest BCUT2D eigenvalue weighted by Gasteiger charge is 2.24. The Balaban J connectivity index is 1.72. The molecular weight excluding hydrogens is 299 g/mol. The number of nitrogens with one attached hydrogen (secondary N) is 2. The molecule has 1 heterocycles. The van der Waals surface area contributed by atoms with Crippen molar-refractivity contribution in [2.24, 2.45) is 0 Å². The lowest BCUT2D eigenvalue weighted by Gasteiger charge is -2.24. The van der Waals surface area contributed by atoms with Crippen LogP contribution in [0.1, 0.15) is 30.1 Å². The average Bonchev–Trinajstić information content (AvgIpc) is 2.89. The lowest BCUT2D eigenvalue weighted by atomic mass is 9.91. The van der Waals surface area contributed by atoms with Gasteiger partial charge < -0.3 is 10.3 Å². The summed E-state index contributed by atoms with van der Waals surface area (Å²) in [6.45, 7) is 0. The molecule has 3 aromatic rings. The second kappa shape index (κ2) is 5.33. The van der Waals surface area contributed by atoms with Crippen LogP contribution in [0, 0.1) is 5.82 Å². The number of rotatable bonds is 2. The van der Waals surface area contributed by atoms with Gasteiger partial charge in [-0.2, -0.15) is 0 Å². The van der Waals surface area contributed by atoms with Gasteiger partial charge in [0.05, 0.1) is 6.04 Å². The van der Waals surface area contributed by atoms with E-state index in [9.17, 15) is 4.39 Å². The molecule has 0 unspecified atom stereocenters. The first-order valence-electron chi connectivity index (χ1n) is 7.53. The van der Waals surface area contributed by atoms with Gasteiger partial charge in [0, 0.05) is 27.3 Å². The normalized spacial score (nSPS) is 17.5. The summed E-state index contributed by atoms with van der Waals surface area (Å²) in [7, 11) is 0. The molecule has 0 bridgehead atoms. The van der Waals surface area contributed by atoms with Gasteiger partial charge in [0.1, 0.15) is 5.82 Å². The number of aromatic amines is 1. The zero-order valence-corrected chi connectivity index (χ0v) is 12.8. The van der Waals surface area contributed by atoms with Gasteiger partial charge >= 0.3 is 0 Å². The Morgan fingerprint density at radius 3 is 2.77 bits per heavy atom. The largest absolute Gasteiger partial charge is 0.377 e. The highest BCUT2D eigenvalue weighted by Crippen LogP contribution is 2.37. The Labute approximate surface area is 133 Å². The molecule has 1 aliphatic rings. The number of hydrogen-bond acceptors (Lipinski definition) is 1. The zero-order valence-electron chi connectivity index (χ0n) is 12.0. The predicted molar refractivity (Wildman–Crippen MR) is 89.0 cm³/mol. The van der Waals surface area contributed by atoms with Crippen molar-refractivity contribution in [1.29, 1.82) is 0 Å². The van der Waals surface area contributed by atoms with Crippen LogP contribution in [-0.2, 0) is 6.42 Å². The minimum Gasteiger partial charge on any atom is -0.377 e. The van der Waals surface area contributed by atoms with E-state index in [1.165, 1.54) is 28.8 Å². The maximum Gasteiger partial charge on any atom is 0.123 e. The fraction of sp³-hybridized carbons (Fsp3) is 0.222. The van der Waals surface area contributed by atoms with Gasteiger partial charge in [-0.25, -0.2) is 4.39 Å². The first-order valence-corrected chi connectivity index (χ1v) is 7.90. The molecule has 22 heavy (non-hydrogen) atoms. The summed E-state index contributed by atoms with van der Waals surface area (Å²) in [6, 6.07) is 12.7. The molecule has 1 aliphatic carbocycles. The molecule has 0 fully saturated rings. The number of hydrogen-bond donors (Lipinski definition) is 2. The van der Waals surface area contributed by atoms with Gasteiger partial charge in [0.25, 0.3) is 0 Å². The molecule has 0 amide bonds. The quantitative estimate of drug-likeness (QED) is 0.646. The molecule has 112 valence electrons. The average molecular weight is 315 g/mol. The van der Waals surface area contributed by atoms with E-state index < -0.39 is 0 Å². The summed E-state index contributed by atoms with van der Waals surface area (Å²) in [5.74, 6) is -0.213. The molecule has 0 saturated heterocycles. The lowest BCUT2D eigenvalue weighted by Crippen LogP contribution is -2.17. The van der Waals surface area contributed by atoms with Crippen LogP contribution in [0.4, 0.5) is 10.1 Å². The summed E-state index contributed by atoms with van der Waals surface area (Å²) < 4.78 is 13.0. The molecule has 2 N–H and O–H groups in total. The van der Waals surface area contributed by atoms with Crippen LogP contribution in [0.15, 0.2) is 42.5 Å². The van der Waals surface area contributed by atoms with Gasteiger partial charge in [-0.1, -0.05) is 11.6 Å². The number of benzene rings is 2. The summed E-state index contributed by atoms with van der Waals surface area (Å²) in [5, 5.41) is 5.49. The molecule has 1 atom stereocenters. The molecular formula is C18H16ClFN2. The number of aryl methyl sites for hydroxylation is 1. The van der Waals surface area contributed by atoms with Crippen LogP contribution in [0.3, 0.4) is 0 Å². The summed E-state index contributed by atoms with van der Waals surface area (Å²) in [4.78, 5) is 3.53. The van der Waals surface area contributed by atoms with Crippen LogP contribution in [0.2, 0.25) is 5.02 Å². The van der Waals surface area contributed by atoms with E-state index in [-0.39, 0.29) is 11.9 Å². The molecule has 2 nitrogen and oxygen atoms in total. The van der Waals surface area contributed by atoms with Crippen LogP contribution < -0.4 is 5.32 Å². The Kier molecular flexibility index (Phi) is 3.30. The van der Waals surface area contributed by atoms with Crippen molar-refractivity contribution >= 4 is 28.2 Å². The van der Waals surface area contributed by atoms with E-state index in [0.717, 1.165) is 35.5 Å². The molecule has 4 heteroatoms. The smallest absolute Gasteiger partial charge is 0.123 e. The Hall–Kier alpha value is -2.00. The van der Waals surface area contributed by atoms with E-state index in [4.69, 9.17) is 11.6 Å². The van der Waals surface area contributed by atoms with Crippen molar-refractivity contribution in [3.63, 3.8) is 0 Å². The molecule has 1 aromatic heterocycles. The van der Waals surface area contributed by atoms with Crippen LogP contribution in [-0.4, -0.2) is 4.98 Å². The van der Waals surface area contributed by atoms with Crippen molar-refractivity contribution in [1.82, 2.24) is 4.98 Å². The minimum absolute atomic E-state index is 0.213. The maximum atomic E-state index is 13.0. The van der Waals surface area contributed by atoms with Crippen molar-refractivity contribution in [3.05, 3.63) is 64.6 Å². The van der Waals surface area contributed by atoms with E-state index in [0.29, 0.717) is 0 Å². The fourth-order valence-electron chi connectivity index (χ4n) is 3.33. The van der Waals surface area contributed by atoms with Crippen LogP contribution >= 0.6 is 11.6 Å². The number of halogens is 2. The maximum absolute atomic E-state index is 13.0. The molecule has 0 spiro atoms. The van der Waals surface area contributed by atoms with E-state index in [1.807, 2.05) is 18.2 Å². The number of aromatic nitrogens is 1. The van der Waals surface area contributed by atoms with Crippen molar-refractivity contribution in [2.45, 2.75) is 25.3 Å². The summed E-state index contributed by atoms with van der Waals surface area (Å²) in [6.07, 6.45) is 3.26. The van der Waals surface area contributed by atoms with Gasteiger partial charge in [0.2, 0.25) is 0 Å². The van der Waals surface area contributed by atoms with Gasteiger partial charge in [-0.3, -0.25) is 0 Å². The third kappa shape index (κ3) is 2.35. The van der Waals surface area contributed by atoms with Crippen molar-refractivity contribution < 1.29 is 4.39 Å². The first kappa shape index (κ1) is 13.6. The predicted octanol–water partition coefficient (Wildman–Crippen LogP) is 5.45. The second-order valence-electron chi connectivity index (χ2n) is 5.80. The number of anilines is 1. The van der Waals surface area contributed by atoms with E-state index in [2.05, 4.69) is 10.3 Å². The number of H-pyrrole nitrogens is 1. The van der Waals surface area contributed by atoms with Crippen molar-refractivity contribution in [2.75, 3.05) is 5.32 Å². The monoisotopic (exact) mass is 314 g/mol. The topological polar surface area (TPSA) is 27.8 Å². The molecule has 2 aromatic carbocycles. The molecule has 4 rings (SSSR count). The summed E-state index contributed by atoms with van der Waals surface area (Å²) >= 11 is 6.13. The highest BCUT2D eigenvalue weighted by molar-refractivity contribution is 6.31. The van der Waals surface area contributed by atoms with Crippen LogP contribution in [0.5, 0.6) is 0 Å². The standard InChI is InChI=1S/C18H16ClFN2/c19-11-4-9-16-15(10-11)14-2-1-3-17(18(14)22-16)21-13-7-5-12(20)6-8-13/h4-10,17,21-22H,1-3H2/t17-/m1/s1. The van der Waals surface area contributed by atoms with Gasteiger partial charge in [0.15, 0.2) is 0 Å².